The van der Waals surface area contributed by atoms with Crippen molar-refractivity contribution in [2.75, 3.05) is 25.9 Å². The Hall–Kier alpha value is -5.21. The molecule has 3 heterocycles. The number of para-hydroxylation sites is 1. The van der Waals surface area contributed by atoms with Crippen molar-refractivity contribution < 1.29 is 42.9 Å². The molecule has 1 spiro atoms. The van der Waals surface area contributed by atoms with E-state index in [4.69, 9.17) is 18.6 Å². The van der Waals surface area contributed by atoms with E-state index in [0.29, 0.717) is 21.3 Å². The highest BCUT2D eigenvalue weighted by atomic mass is 79.9. The van der Waals surface area contributed by atoms with Gasteiger partial charge in [0.1, 0.15) is 31.2 Å². The third-order valence-corrected chi connectivity index (χ3v) is 9.44. The van der Waals surface area contributed by atoms with Crippen LogP contribution in [-0.4, -0.2) is 61.0 Å². The SMILES string of the molecule is COCN1C(=O)[C@@]2(c3cc(ccc3O)C[C@H](NC(=O)OCc3ccccc3)C(=O)N[C@@H](C(C)C)c3nc(C(=O)OC)c2o3)c2cccc(Br)c21. The second-order valence-electron chi connectivity index (χ2n) is 12.3. The second kappa shape index (κ2) is 14.0. The Balaban J connectivity index is 1.57. The summed E-state index contributed by atoms with van der Waals surface area (Å²) in [6, 6.07) is 16.7. The summed E-state index contributed by atoms with van der Waals surface area (Å²) in [6.45, 7) is 3.43. The van der Waals surface area contributed by atoms with E-state index >= 15 is 4.79 Å². The molecule has 260 valence electrons. The van der Waals surface area contributed by atoms with Crippen LogP contribution in [0.1, 0.15) is 64.3 Å². The van der Waals surface area contributed by atoms with Gasteiger partial charge < -0.3 is 34.4 Å². The number of carbonyl (C=O) groups is 4. The molecule has 4 bridgehead atoms. The second-order valence-corrected chi connectivity index (χ2v) is 13.2. The Bertz CT molecular complexity index is 1960. The molecular weight excluding hydrogens is 712 g/mol. The zero-order chi connectivity index (χ0) is 35.7. The van der Waals surface area contributed by atoms with E-state index < -0.39 is 41.4 Å². The molecule has 0 aliphatic carbocycles. The van der Waals surface area contributed by atoms with Crippen molar-refractivity contribution in [1.29, 1.82) is 0 Å². The fraction of sp³-hybridized carbons (Fsp3) is 0.306. The highest BCUT2D eigenvalue weighted by Gasteiger charge is 2.60. The van der Waals surface area contributed by atoms with Gasteiger partial charge in [-0.1, -0.05) is 68.4 Å². The zero-order valence-corrected chi connectivity index (χ0v) is 29.3. The van der Waals surface area contributed by atoms with Gasteiger partial charge in [-0.2, -0.15) is 0 Å². The number of rotatable bonds is 7. The summed E-state index contributed by atoms with van der Waals surface area (Å²) in [7, 11) is 2.61. The molecule has 3 N–H and O–H groups in total. The van der Waals surface area contributed by atoms with Gasteiger partial charge in [0.2, 0.25) is 11.8 Å². The lowest BCUT2D eigenvalue weighted by Crippen LogP contribution is -2.49. The number of anilines is 1. The molecule has 2 aliphatic heterocycles. The molecule has 0 saturated heterocycles. The maximum Gasteiger partial charge on any atom is 0.408 e. The van der Waals surface area contributed by atoms with Crippen LogP contribution in [0.3, 0.4) is 0 Å². The van der Waals surface area contributed by atoms with Crippen molar-refractivity contribution >= 4 is 45.5 Å². The van der Waals surface area contributed by atoms with Crippen molar-refractivity contribution in [3.05, 3.63) is 111 Å². The number of amides is 3. The van der Waals surface area contributed by atoms with Gasteiger partial charge in [0.25, 0.3) is 5.91 Å². The summed E-state index contributed by atoms with van der Waals surface area (Å²) >= 11 is 3.57. The Kier molecular flexibility index (Phi) is 9.67. The topological polar surface area (TPSA) is 170 Å². The van der Waals surface area contributed by atoms with Gasteiger partial charge in [-0.15, -0.1) is 0 Å². The molecule has 0 unspecified atom stereocenters. The van der Waals surface area contributed by atoms with Crippen molar-refractivity contribution in [3.63, 3.8) is 0 Å². The van der Waals surface area contributed by atoms with Gasteiger partial charge >= 0.3 is 12.1 Å². The number of oxazole rings is 1. The van der Waals surface area contributed by atoms with E-state index in [1.54, 1.807) is 42.5 Å². The summed E-state index contributed by atoms with van der Waals surface area (Å²) in [5.74, 6) is -3.00. The number of aromatic hydroxyl groups is 1. The summed E-state index contributed by atoms with van der Waals surface area (Å²) in [5.41, 5.74) is -0.209. The minimum absolute atomic E-state index is 0.0219. The van der Waals surface area contributed by atoms with E-state index in [2.05, 4.69) is 31.5 Å². The largest absolute Gasteiger partial charge is 0.508 e. The first-order valence-electron chi connectivity index (χ1n) is 15.8. The number of benzene rings is 3. The van der Waals surface area contributed by atoms with Crippen LogP contribution in [0, 0.1) is 5.92 Å². The van der Waals surface area contributed by atoms with Crippen LogP contribution < -0.4 is 15.5 Å². The lowest BCUT2D eigenvalue weighted by atomic mass is 9.71. The van der Waals surface area contributed by atoms with E-state index in [0.717, 1.165) is 5.56 Å². The quantitative estimate of drug-likeness (QED) is 0.222. The number of esters is 1. The number of carbonyl (C=O) groups excluding carboxylic acids is 4. The smallest absolute Gasteiger partial charge is 0.408 e. The van der Waals surface area contributed by atoms with Crippen molar-refractivity contribution in [1.82, 2.24) is 15.6 Å². The number of hydrogen-bond acceptors (Lipinski definition) is 10. The van der Waals surface area contributed by atoms with Gasteiger partial charge in [0, 0.05) is 29.1 Å². The lowest BCUT2D eigenvalue weighted by molar-refractivity contribution is -0.124. The van der Waals surface area contributed by atoms with Crippen LogP contribution in [0.15, 0.2) is 75.6 Å². The first-order chi connectivity index (χ1) is 24.0. The number of alkyl carbamates (subject to hydrolysis) is 1. The molecule has 0 fully saturated rings. The van der Waals surface area contributed by atoms with E-state index in [1.165, 1.54) is 25.2 Å². The van der Waals surface area contributed by atoms with Gasteiger partial charge in [-0.05, 0) is 45.1 Å². The number of fused-ring (bicyclic) bond motifs is 8. The molecular formula is C36H35BrN4O9. The lowest BCUT2D eigenvalue weighted by Gasteiger charge is -2.30. The number of phenols is 1. The molecule has 3 aromatic carbocycles. The maximum absolute atomic E-state index is 15.0. The van der Waals surface area contributed by atoms with E-state index in [9.17, 15) is 19.5 Å². The summed E-state index contributed by atoms with van der Waals surface area (Å²) in [5, 5.41) is 17.2. The number of hydrogen-bond donors (Lipinski definition) is 3. The Morgan fingerprint density at radius 3 is 2.56 bits per heavy atom. The predicted molar refractivity (Wildman–Crippen MR) is 182 cm³/mol. The molecule has 0 saturated carbocycles. The highest BCUT2D eigenvalue weighted by Crippen LogP contribution is 2.55. The Labute approximate surface area is 296 Å². The fourth-order valence-corrected chi connectivity index (χ4v) is 7.03. The number of aromatic nitrogens is 1. The third-order valence-electron chi connectivity index (χ3n) is 8.80. The highest BCUT2D eigenvalue weighted by molar-refractivity contribution is 9.10. The summed E-state index contributed by atoms with van der Waals surface area (Å²) < 4.78 is 23.0. The van der Waals surface area contributed by atoms with Crippen molar-refractivity contribution in [2.45, 2.75) is 44.4 Å². The zero-order valence-electron chi connectivity index (χ0n) is 27.7. The minimum Gasteiger partial charge on any atom is -0.508 e. The predicted octanol–water partition coefficient (Wildman–Crippen LogP) is 4.88. The van der Waals surface area contributed by atoms with Crippen LogP contribution in [0.25, 0.3) is 0 Å². The number of halogens is 1. The number of ether oxygens (including phenoxy) is 3. The summed E-state index contributed by atoms with van der Waals surface area (Å²) in [4.78, 5) is 61.4. The minimum atomic E-state index is -1.98. The molecule has 14 heteroatoms. The first-order valence-corrected chi connectivity index (χ1v) is 16.6. The molecule has 4 aromatic rings. The standard InChI is InChI=1S/C36H35BrN4O9/c1-19(2)27-32-40-28(33(44)48-4)30(50-32)36(22-11-8-12-24(37)29(22)41(18-47-3)34(36)45)23-15-21(13-14-26(23)42)16-25(31(43)39-27)38-35(46)49-17-20-9-6-5-7-10-20/h5-15,19,25,27,42H,16-18H2,1-4H3,(H,38,46)(H,39,43)/t25-,27-,36+/m0/s1. The Morgan fingerprint density at radius 2 is 1.86 bits per heavy atom. The normalized spacial score (nSPS) is 19.8. The van der Waals surface area contributed by atoms with Gasteiger partial charge in [0.15, 0.2) is 16.9 Å². The third kappa shape index (κ3) is 5.98. The molecule has 50 heavy (non-hydrogen) atoms. The fourth-order valence-electron chi connectivity index (χ4n) is 6.45. The van der Waals surface area contributed by atoms with Crippen molar-refractivity contribution in [3.8, 4) is 5.75 Å². The first kappa shape index (κ1) is 34.6. The monoisotopic (exact) mass is 746 g/mol. The van der Waals surface area contributed by atoms with Crippen LogP contribution in [-0.2, 0) is 42.2 Å². The Morgan fingerprint density at radius 1 is 1.10 bits per heavy atom. The van der Waals surface area contributed by atoms with Crippen LogP contribution >= 0.6 is 15.9 Å². The number of phenolic OH excluding ortho intramolecular Hbond substituents is 1. The molecule has 0 radical (unpaired) electrons. The molecule has 3 atom stereocenters. The van der Waals surface area contributed by atoms with E-state index in [-0.39, 0.29) is 54.3 Å². The molecule has 6 rings (SSSR count). The van der Waals surface area contributed by atoms with Crippen LogP contribution in [0.2, 0.25) is 0 Å². The van der Waals surface area contributed by atoms with Crippen molar-refractivity contribution in [2.24, 2.45) is 5.92 Å². The van der Waals surface area contributed by atoms with Crippen LogP contribution in [0.5, 0.6) is 5.75 Å². The molecule has 3 amide bonds. The number of nitrogens with one attached hydrogen (secondary N) is 2. The van der Waals surface area contributed by atoms with E-state index in [1.807, 2.05) is 32.0 Å². The van der Waals surface area contributed by atoms with Gasteiger partial charge in [0.05, 0.1) is 12.8 Å². The number of nitrogens with zero attached hydrogens (tertiary/aromatic N) is 2. The molecule has 2 aliphatic rings. The van der Waals surface area contributed by atoms with Crippen LogP contribution in [0.4, 0.5) is 10.5 Å². The average molecular weight is 748 g/mol. The summed E-state index contributed by atoms with van der Waals surface area (Å²) in [6.07, 6.45) is -0.887. The maximum atomic E-state index is 15.0. The molecule has 1 aromatic heterocycles. The van der Waals surface area contributed by atoms with Gasteiger partial charge in [-0.25, -0.2) is 14.6 Å². The average Bonchev–Trinajstić information content (AvgIpc) is 3.64. The number of methoxy groups -OCH3 is 2. The van der Waals surface area contributed by atoms with Gasteiger partial charge in [-0.3, -0.25) is 14.5 Å². The molecule has 13 nitrogen and oxygen atoms in total.